The Kier molecular flexibility index (Phi) is 8.86. The summed E-state index contributed by atoms with van der Waals surface area (Å²) in [7, 11) is -7.78. The van der Waals surface area contributed by atoms with E-state index in [0.29, 0.717) is 12.0 Å². The predicted octanol–water partition coefficient (Wildman–Crippen LogP) is 3.21. The fourth-order valence-corrected chi connectivity index (χ4v) is 15.1. The first-order valence-electron chi connectivity index (χ1n) is 8.17. The fourth-order valence-electron chi connectivity index (χ4n) is 1.99. The van der Waals surface area contributed by atoms with Gasteiger partial charge in [-0.25, -0.2) is 4.79 Å². The third-order valence-electron chi connectivity index (χ3n) is 2.61. The van der Waals surface area contributed by atoms with E-state index in [2.05, 4.69) is 52.4 Å². The lowest BCUT2D eigenvalue weighted by Gasteiger charge is -2.42. The van der Waals surface area contributed by atoms with Crippen molar-refractivity contribution in [2.75, 3.05) is 0 Å². The van der Waals surface area contributed by atoms with Crippen molar-refractivity contribution in [2.24, 2.45) is 0 Å². The predicted molar refractivity (Wildman–Crippen MR) is 105 cm³/mol. The van der Waals surface area contributed by atoms with Crippen LogP contribution in [0.4, 0.5) is 0 Å². The summed E-state index contributed by atoms with van der Waals surface area (Å²) in [6.45, 7) is 22.0. The van der Waals surface area contributed by atoms with Crippen LogP contribution in [0.1, 0.15) is 20.3 Å². The molecule has 0 amide bonds. The van der Waals surface area contributed by atoms with Gasteiger partial charge in [0, 0.05) is 5.57 Å². The number of ether oxygens (including phenoxy) is 1. The van der Waals surface area contributed by atoms with Crippen molar-refractivity contribution in [2.45, 2.75) is 71.8 Å². The van der Waals surface area contributed by atoms with E-state index >= 15 is 0 Å². The topological polar surface area (TPSA) is 54.0 Å². The smallest absolute Gasteiger partial charge is 0.455 e. The maximum Gasteiger partial charge on any atom is 0.512 e. The average molecular weight is 395 g/mol. The van der Waals surface area contributed by atoms with Crippen LogP contribution in [0.2, 0.25) is 45.8 Å². The van der Waals surface area contributed by atoms with E-state index in [1.165, 1.54) is 0 Å². The second kappa shape index (κ2) is 8.88. The molecule has 0 bridgehead atoms. The molecule has 0 aromatic carbocycles. The Labute approximate surface area is 147 Å². The summed E-state index contributed by atoms with van der Waals surface area (Å²) in [5.74, 6) is -0.409. The van der Waals surface area contributed by atoms with Crippen molar-refractivity contribution in [3.8, 4) is 0 Å². The second-order valence-corrected chi connectivity index (χ2v) is 21.2. The van der Waals surface area contributed by atoms with Crippen molar-refractivity contribution in [1.82, 2.24) is 0 Å². The third-order valence-corrected chi connectivity index (χ3v) is 13.9. The Morgan fingerprint density at radius 1 is 1.09 bits per heavy atom. The second-order valence-electron chi connectivity index (χ2n) is 7.55. The molecule has 0 fully saturated rings. The van der Waals surface area contributed by atoms with Crippen LogP contribution in [0.15, 0.2) is 12.2 Å². The van der Waals surface area contributed by atoms with E-state index in [9.17, 15) is 4.79 Å². The van der Waals surface area contributed by atoms with E-state index in [4.69, 9.17) is 17.1 Å². The third kappa shape index (κ3) is 8.56. The Bertz CT molecular complexity index is 398. The molecule has 0 aliphatic carbocycles. The molecule has 1 atom stereocenters. The van der Waals surface area contributed by atoms with E-state index < -0.39 is 46.9 Å². The molecule has 0 aromatic rings. The van der Waals surface area contributed by atoms with Gasteiger partial charge in [0.05, 0.1) is 0 Å². The summed E-state index contributed by atoms with van der Waals surface area (Å²) >= 11 is 0. The summed E-state index contributed by atoms with van der Waals surface area (Å²) in [5, 5.41) is 0. The van der Waals surface area contributed by atoms with Crippen LogP contribution in [0.5, 0.6) is 0 Å². The number of esters is 1. The maximum absolute atomic E-state index is 12.1. The highest BCUT2D eigenvalue weighted by Gasteiger charge is 2.55. The van der Waals surface area contributed by atoms with Crippen LogP contribution in [0.3, 0.4) is 0 Å². The van der Waals surface area contributed by atoms with Gasteiger partial charge in [0.1, 0.15) is 9.76 Å². The van der Waals surface area contributed by atoms with Gasteiger partial charge in [-0.3, -0.25) is 0 Å². The van der Waals surface area contributed by atoms with Crippen molar-refractivity contribution in [3.05, 3.63) is 12.2 Å². The Morgan fingerprint density at radius 2 is 1.52 bits per heavy atom. The zero-order valence-corrected chi connectivity index (χ0v) is 20.7. The van der Waals surface area contributed by atoms with Gasteiger partial charge in [0.15, 0.2) is 22.4 Å². The molecule has 0 saturated carbocycles. The van der Waals surface area contributed by atoms with Gasteiger partial charge in [0.2, 0.25) is 0 Å². The van der Waals surface area contributed by atoms with Crippen LogP contribution >= 0.6 is 0 Å². The maximum atomic E-state index is 12.1. The number of hydrogen-bond acceptors (Lipinski definition) is 5. The first kappa shape index (κ1) is 23.0. The monoisotopic (exact) mass is 394 g/mol. The van der Waals surface area contributed by atoms with Crippen LogP contribution in [0.25, 0.3) is 0 Å². The summed E-state index contributed by atoms with van der Waals surface area (Å²) < 4.78 is 24.8. The highest BCUT2D eigenvalue weighted by Crippen LogP contribution is 2.28. The van der Waals surface area contributed by atoms with E-state index in [0.717, 1.165) is 0 Å². The Balaban J connectivity index is 5.80. The summed E-state index contributed by atoms with van der Waals surface area (Å²) in [5.41, 5.74) is -0.0984. The molecule has 0 rings (SSSR count). The summed E-state index contributed by atoms with van der Waals surface area (Å²) in [6, 6.07) is 0. The van der Waals surface area contributed by atoms with Gasteiger partial charge < -0.3 is 17.1 Å². The molecule has 9 heteroatoms. The number of hydrogen-bond donors (Lipinski definition) is 0. The number of carbonyl (C=O) groups is 1. The zero-order chi connectivity index (χ0) is 18.5. The fraction of sp³-hybridized carbons (Fsp3) is 0.786. The molecular formula is C14H34O5Si4. The minimum absolute atomic E-state index is 0.376. The molecule has 136 valence electrons. The molecule has 0 aliphatic rings. The highest BCUT2D eigenvalue weighted by molar-refractivity contribution is 6.87. The molecule has 1 unspecified atom stereocenters. The van der Waals surface area contributed by atoms with E-state index in [1.54, 1.807) is 6.92 Å². The molecule has 0 saturated heterocycles. The first-order chi connectivity index (χ1) is 10.3. The normalized spacial score (nSPS) is 15.0. The lowest BCUT2D eigenvalue weighted by molar-refractivity contribution is -0.143. The van der Waals surface area contributed by atoms with Gasteiger partial charge in [-0.05, 0) is 52.6 Å². The molecule has 23 heavy (non-hydrogen) atoms. The minimum Gasteiger partial charge on any atom is -0.455 e. The summed E-state index contributed by atoms with van der Waals surface area (Å²) in [4.78, 5) is 12.1. The quantitative estimate of drug-likeness (QED) is 0.323. The molecule has 0 aliphatic heterocycles. The standard InChI is InChI=1S/C14H34O5Si4/c1-11-13(16-14(15)12(2)3)23(17-20-4,18-21(5,6)7)19-22(8,9)10/h13H,2,11,20H2,1,3-10H3. The van der Waals surface area contributed by atoms with Crippen LogP contribution in [-0.2, 0) is 21.9 Å². The van der Waals surface area contributed by atoms with Crippen molar-refractivity contribution in [1.29, 1.82) is 0 Å². The molecular weight excluding hydrogens is 360 g/mol. The highest BCUT2D eigenvalue weighted by atomic mass is 28.5. The van der Waals surface area contributed by atoms with Gasteiger partial charge >= 0.3 is 14.8 Å². The molecule has 0 radical (unpaired) electrons. The molecule has 0 aromatic heterocycles. The first-order valence-corrected chi connectivity index (χ1v) is 18.8. The lowest BCUT2D eigenvalue weighted by atomic mass is 10.4. The SMILES string of the molecule is C=C(C)C(=O)OC(CC)[Si](O[SiH2]C)(O[Si](C)(C)C)O[Si](C)(C)C. The van der Waals surface area contributed by atoms with Crippen molar-refractivity contribution < 1.29 is 21.9 Å². The van der Waals surface area contributed by atoms with Gasteiger partial charge in [0.25, 0.3) is 0 Å². The van der Waals surface area contributed by atoms with Gasteiger partial charge in [-0.2, -0.15) is 0 Å². The largest absolute Gasteiger partial charge is 0.512 e. The number of carbonyl (C=O) groups excluding carboxylic acids is 1. The number of rotatable bonds is 10. The Morgan fingerprint density at radius 3 is 1.78 bits per heavy atom. The van der Waals surface area contributed by atoms with Crippen molar-refractivity contribution in [3.63, 3.8) is 0 Å². The average Bonchev–Trinajstić information content (AvgIpc) is 2.31. The molecule has 0 spiro atoms. The van der Waals surface area contributed by atoms with Gasteiger partial charge in [-0.1, -0.05) is 20.0 Å². The molecule has 0 N–H and O–H groups in total. The lowest BCUT2D eigenvalue weighted by Crippen LogP contribution is -2.65. The minimum atomic E-state index is -3.10. The molecule has 5 nitrogen and oxygen atoms in total. The van der Waals surface area contributed by atoms with Gasteiger partial charge in [-0.15, -0.1) is 0 Å². The van der Waals surface area contributed by atoms with Crippen LogP contribution < -0.4 is 0 Å². The van der Waals surface area contributed by atoms with Crippen molar-refractivity contribution >= 4 is 41.2 Å². The van der Waals surface area contributed by atoms with E-state index in [1.807, 2.05) is 6.92 Å². The summed E-state index contributed by atoms with van der Waals surface area (Å²) in [6.07, 6.45) is 0.606. The zero-order valence-electron chi connectivity index (χ0n) is 16.2. The van der Waals surface area contributed by atoms with E-state index in [-0.39, 0.29) is 0 Å². The molecule has 0 heterocycles. The van der Waals surface area contributed by atoms with Crippen LogP contribution in [0, 0.1) is 0 Å². The van der Waals surface area contributed by atoms with Crippen LogP contribution in [-0.4, -0.2) is 46.9 Å². The Hall–Kier alpha value is -0.0425.